The molecule has 0 saturated carbocycles. The molecule has 0 aliphatic heterocycles. The summed E-state index contributed by atoms with van der Waals surface area (Å²) in [6.45, 7) is 1.55. The van der Waals surface area contributed by atoms with E-state index in [4.69, 9.17) is 9.47 Å². The monoisotopic (exact) mass is 535 g/mol. The highest BCUT2D eigenvalue weighted by molar-refractivity contribution is 6.04. The summed E-state index contributed by atoms with van der Waals surface area (Å²) in [4.78, 5) is 45.6. The Morgan fingerprint density at radius 1 is 0.949 bits per heavy atom. The Morgan fingerprint density at radius 2 is 1.69 bits per heavy atom. The lowest BCUT2D eigenvalue weighted by Gasteiger charge is -2.11. The van der Waals surface area contributed by atoms with Crippen LogP contribution in [-0.2, 0) is 9.53 Å². The van der Waals surface area contributed by atoms with E-state index in [0.717, 1.165) is 18.2 Å². The molecule has 0 aliphatic rings. The van der Waals surface area contributed by atoms with Gasteiger partial charge in [-0.25, -0.2) is 4.79 Å². The molecule has 13 heteroatoms. The molecule has 202 valence electrons. The molecule has 0 saturated heterocycles. The van der Waals surface area contributed by atoms with Gasteiger partial charge in [0.15, 0.2) is 0 Å². The van der Waals surface area contributed by atoms with E-state index >= 15 is 0 Å². The topological polar surface area (TPSA) is 175 Å². The summed E-state index contributed by atoms with van der Waals surface area (Å²) in [6, 6.07) is 16.0. The second kappa shape index (κ2) is 13.3. The Balaban J connectivity index is 1.84. The maximum Gasteiger partial charge on any atom is 0.338 e. The van der Waals surface area contributed by atoms with Crippen molar-refractivity contribution < 1.29 is 28.9 Å². The Bertz CT molecular complexity index is 1410. The van der Waals surface area contributed by atoms with Crippen molar-refractivity contribution in [1.82, 2.24) is 0 Å². The van der Waals surface area contributed by atoms with Crippen molar-refractivity contribution in [3.8, 4) is 5.75 Å². The number of hydrogen-bond donors (Lipinski definition) is 2. The lowest BCUT2D eigenvalue weighted by molar-refractivity contribution is -0.393. The van der Waals surface area contributed by atoms with Crippen molar-refractivity contribution in [2.24, 2.45) is 5.10 Å². The molecule has 0 spiro atoms. The smallest absolute Gasteiger partial charge is 0.338 e. The third-order valence-electron chi connectivity index (χ3n) is 5.32. The summed E-state index contributed by atoms with van der Waals surface area (Å²) >= 11 is 0. The number of ether oxygens (including phenoxy) is 2. The number of amides is 1. The number of rotatable bonds is 12. The van der Waals surface area contributed by atoms with E-state index in [0.29, 0.717) is 29.8 Å². The first kappa shape index (κ1) is 28.2. The van der Waals surface area contributed by atoms with E-state index in [9.17, 15) is 29.8 Å². The largest absolute Gasteiger partial charge is 0.497 e. The van der Waals surface area contributed by atoms with Crippen molar-refractivity contribution in [3.63, 3.8) is 0 Å². The Kier molecular flexibility index (Phi) is 9.62. The number of carbonyl (C=O) groups excluding carboxylic acids is 2. The summed E-state index contributed by atoms with van der Waals surface area (Å²) < 4.78 is 10.6. The number of methoxy groups -OCH3 is 1. The number of hydrogen-bond acceptors (Lipinski definition) is 10. The third kappa shape index (κ3) is 7.82. The number of hydrazone groups is 1. The van der Waals surface area contributed by atoms with Gasteiger partial charge in [0.1, 0.15) is 23.8 Å². The highest BCUT2D eigenvalue weighted by Gasteiger charge is 2.20. The van der Waals surface area contributed by atoms with Gasteiger partial charge in [-0.15, -0.1) is 0 Å². The fraction of sp³-hybridized carbons (Fsp3) is 0.192. The van der Waals surface area contributed by atoms with Gasteiger partial charge in [-0.1, -0.05) is 13.0 Å². The first-order valence-electron chi connectivity index (χ1n) is 11.7. The number of nitro groups is 2. The quantitative estimate of drug-likeness (QED) is 0.141. The molecule has 0 atom stereocenters. The summed E-state index contributed by atoms with van der Waals surface area (Å²) in [5, 5.41) is 29.4. The fourth-order valence-electron chi connectivity index (χ4n) is 3.36. The zero-order valence-electron chi connectivity index (χ0n) is 21.1. The number of nitrogens with zero attached hydrogens (tertiary/aromatic N) is 3. The van der Waals surface area contributed by atoms with Gasteiger partial charge >= 0.3 is 11.7 Å². The number of anilines is 2. The second-order valence-electron chi connectivity index (χ2n) is 8.07. The molecule has 0 radical (unpaired) electrons. The van der Waals surface area contributed by atoms with Crippen LogP contribution in [0.2, 0.25) is 0 Å². The van der Waals surface area contributed by atoms with Crippen LogP contribution in [0.3, 0.4) is 0 Å². The molecule has 3 aromatic carbocycles. The van der Waals surface area contributed by atoms with Crippen LogP contribution >= 0.6 is 0 Å². The zero-order chi connectivity index (χ0) is 28.4. The van der Waals surface area contributed by atoms with Gasteiger partial charge in [-0.2, -0.15) is 5.10 Å². The summed E-state index contributed by atoms with van der Waals surface area (Å²) in [5.74, 6) is -0.302. The van der Waals surface area contributed by atoms with Crippen molar-refractivity contribution >= 4 is 40.3 Å². The van der Waals surface area contributed by atoms with E-state index in [1.54, 1.807) is 36.4 Å². The second-order valence-corrected chi connectivity index (χ2v) is 8.07. The Morgan fingerprint density at radius 3 is 2.33 bits per heavy atom. The molecule has 1 amide bonds. The van der Waals surface area contributed by atoms with E-state index < -0.39 is 27.2 Å². The highest BCUT2D eigenvalue weighted by Crippen LogP contribution is 2.29. The Hall–Kier alpha value is -5.33. The molecular formula is C26H25N5O8. The molecule has 13 nitrogen and oxygen atoms in total. The number of nitrogens with one attached hydrogen (secondary N) is 2. The molecular weight excluding hydrogens is 510 g/mol. The van der Waals surface area contributed by atoms with Gasteiger partial charge in [0.25, 0.3) is 5.69 Å². The minimum Gasteiger partial charge on any atom is -0.497 e. The molecule has 0 unspecified atom stereocenters. The summed E-state index contributed by atoms with van der Waals surface area (Å²) in [6.07, 6.45) is 1.02. The molecule has 0 aromatic heterocycles. The average molecular weight is 536 g/mol. The number of carbonyl (C=O) groups is 2. The molecule has 0 aliphatic carbocycles. The number of nitro benzene ring substituents is 2. The van der Waals surface area contributed by atoms with Crippen molar-refractivity contribution in [2.75, 3.05) is 24.5 Å². The van der Waals surface area contributed by atoms with Crippen molar-refractivity contribution in [1.29, 1.82) is 0 Å². The van der Waals surface area contributed by atoms with Crippen LogP contribution in [-0.4, -0.2) is 41.2 Å². The van der Waals surface area contributed by atoms with Crippen LogP contribution in [0.25, 0.3) is 0 Å². The third-order valence-corrected chi connectivity index (χ3v) is 5.32. The lowest BCUT2D eigenvalue weighted by atomic mass is 10.1. The molecule has 3 rings (SSSR count). The van der Waals surface area contributed by atoms with Gasteiger partial charge in [0, 0.05) is 23.7 Å². The van der Waals surface area contributed by atoms with Crippen LogP contribution in [0.5, 0.6) is 5.75 Å². The van der Waals surface area contributed by atoms with Crippen molar-refractivity contribution in [3.05, 3.63) is 98.1 Å². The predicted molar refractivity (Wildman–Crippen MR) is 143 cm³/mol. The molecule has 2 N–H and O–H groups in total. The molecule has 39 heavy (non-hydrogen) atoms. The van der Waals surface area contributed by atoms with Gasteiger partial charge in [0.05, 0.1) is 28.6 Å². The first-order chi connectivity index (χ1) is 18.7. The van der Waals surface area contributed by atoms with Gasteiger partial charge in [-0.3, -0.25) is 30.4 Å². The zero-order valence-corrected chi connectivity index (χ0v) is 21.1. The fourth-order valence-corrected chi connectivity index (χ4v) is 3.36. The minimum absolute atomic E-state index is 0.0986. The molecule has 0 fully saturated rings. The predicted octanol–water partition coefficient (Wildman–Crippen LogP) is 4.92. The van der Waals surface area contributed by atoms with Crippen LogP contribution in [0.4, 0.5) is 22.7 Å². The summed E-state index contributed by atoms with van der Waals surface area (Å²) in [5.41, 5.74) is 2.79. The van der Waals surface area contributed by atoms with Crippen LogP contribution in [0.1, 0.15) is 35.7 Å². The van der Waals surface area contributed by atoms with Crippen LogP contribution < -0.4 is 15.5 Å². The molecule has 0 heterocycles. The SMILES string of the molecule is CCCC(=O)Nc1cccc(C(=O)OC/C(=N\Nc2ccc([N+](=O)[O-])cc2[N+](=O)[O-])c2ccc(OC)cc2)c1. The maximum atomic E-state index is 12.8. The highest BCUT2D eigenvalue weighted by atomic mass is 16.6. The van der Waals surface area contributed by atoms with Crippen molar-refractivity contribution in [2.45, 2.75) is 19.8 Å². The van der Waals surface area contributed by atoms with Gasteiger partial charge in [0.2, 0.25) is 5.91 Å². The Labute approximate surface area is 222 Å². The lowest BCUT2D eigenvalue weighted by Crippen LogP contribution is -2.17. The van der Waals surface area contributed by atoms with E-state index in [-0.39, 0.29) is 29.5 Å². The molecule has 0 bridgehead atoms. The summed E-state index contributed by atoms with van der Waals surface area (Å²) in [7, 11) is 1.50. The van der Waals surface area contributed by atoms with Crippen LogP contribution in [0.15, 0.2) is 71.8 Å². The standard InChI is InChI=1S/C26H25N5O8/c1-3-5-25(32)27-19-7-4-6-18(14-19)26(33)39-16-23(17-8-11-21(38-2)12-9-17)29-28-22-13-10-20(30(34)35)15-24(22)31(36)37/h4,6-15,28H,3,5,16H2,1-2H3,(H,27,32)/b29-23+. The normalized spacial score (nSPS) is 10.9. The minimum atomic E-state index is -0.774. The number of esters is 1. The van der Waals surface area contributed by atoms with E-state index in [2.05, 4.69) is 15.8 Å². The van der Waals surface area contributed by atoms with Gasteiger partial charge < -0.3 is 14.8 Å². The van der Waals surface area contributed by atoms with Crippen LogP contribution in [0, 0.1) is 20.2 Å². The molecule has 3 aromatic rings. The first-order valence-corrected chi connectivity index (χ1v) is 11.7. The van der Waals surface area contributed by atoms with E-state index in [1.807, 2.05) is 6.92 Å². The number of benzene rings is 3. The maximum absolute atomic E-state index is 12.8. The van der Waals surface area contributed by atoms with Gasteiger partial charge in [-0.05, 0) is 55.0 Å². The van der Waals surface area contributed by atoms with E-state index in [1.165, 1.54) is 19.2 Å². The average Bonchev–Trinajstić information content (AvgIpc) is 2.93. The number of non-ortho nitro benzene ring substituents is 1.